The molecule has 0 N–H and O–H groups in total. The number of methoxy groups -OCH3 is 1. The molecule has 4 aliphatic rings. The average molecular weight is 518 g/mol. The van der Waals surface area contributed by atoms with Gasteiger partial charge in [-0.25, -0.2) is 0 Å². The average Bonchev–Trinajstić information content (AvgIpc) is 3.55. The first-order chi connectivity index (χ1) is 17.8. The van der Waals surface area contributed by atoms with Crippen LogP contribution in [0.4, 0.5) is 13.2 Å². The zero-order valence-electron chi connectivity index (χ0n) is 20.7. The normalized spacial score (nSPS) is 26.5. The highest BCUT2D eigenvalue weighted by Gasteiger charge is 2.40. The molecule has 0 amide bonds. The summed E-state index contributed by atoms with van der Waals surface area (Å²) >= 11 is 0. The lowest BCUT2D eigenvalue weighted by Crippen LogP contribution is -2.42. The Balaban J connectivity index is 1.23. The van der Waals surface area contributed by atoms with Crippen molar-refractivity contribution in [2.45, 2.75) is 69.1 Å². The van der Waals surface area contributed by atoms with Gasteiger partial charge in [-0.1, -0.05) is 12.1 Å². The number of hydrogen-bond donors (Lipinski definition) is 0. The number of ether oxygens (including phenoxy) is 4. The minimum Gasteiger partial charge on any atom is -0.492 e. The van der Waals surface area contributed by atoms with E-state index in [0.29, 0.717) is 49.6 Å². The Hall–Kier alpha value is -2.78. The summed E-state index contributed by atoms with van der Waals surface area (Å²) in [5, 5.41) is 0. The van der Waals surface area contributed by atoms with E-state index in [1.165, 1.54) is 13.2 Å². The van der Waals surface area contributed by atoms with Crippen LogP contribution in [0.15, 0.2) is 30.3 Å². The monoisotopic (exact) mass is 517 g/mol. The maximum Gasteiger partial charge on any atom is 0.416 e. The summed E-state index contributed by atoms with van der Waals surface area (Å²) < 4.78 is 64.8. The second kappa shape index (κ2) is 9.51. The van der Waals surface area contributed by atoms with Gasteiger partial charge in [-0.05, 0) is 54.5 Å². The molecular weight excluding hydrogens is 487 g/mol. The van der Waals surface area contributed by atoms with Crippen LogP contribution in [-0.2, 0) is 33.4 Å². The van der Waals surface area contributed by atoms with Crippen LogP contribution in [-0.4, -0.2) is 49.9 Å². The standard InChI is InChI=1S/C28H30F3NO5/c1-34-27(33)10-16-15-35-26-11-17(4-5-20(16)26)37-25-9-7-21-22(25)6-8-24(28(29,30)31)23(21)14-32-12-18-2-3-19(13-32)36-18/h4-6,8,11,16,18-19,25H,2-3,7,9-10,12-15H2,1H3/t16?,18-,19+,25?. The van der Waals surface area contributed by atoms with E-state index in [9.17, 15) is 18.0 Å². The van der Waals surface area contributed by atoms with E-state index < -0.39 is 11.7 Å². The quantitative estimate of drug-likeness (QED) is 0.493. The van der Waals surface area contributed by atoms with Crippen molar-refractivity contribution in [2.75, 3.05) is 26.8 Å². The van der Waals surface area contributed by atoms with Gasteiger partial charge in [0.25, 0.3) is 0 Å². The number of carbonyl (C=O) groups is 1. The van der Waals surface area contributed by atoms with Crippen LogP contribution >= 0.6 is 0 Å². The summed E-state index contributed by atoms with van der Waals surface area (Å²) in [4.78, 5) is 13.8. The van der Waals surface area contributed by atoms with Gasteiger partial charge in [0.15, 0.2) is 0 Å². The van der Waals surface area contributed by atoms with E-state index in [1.807, 2.05) is 12.1 Å². The molecular formula is C28H30F3NO5. The van der Waals surface area contributed by atoms with Gasteiger partial charge in [0, 0.05) is 37.2 Å². The van der Waals surface area contributed by atoms with E-state index in [0.717, 1.165) is 29.5 Å². The zero-order chi connectivity index (χ0) is 25.7. The van der Waals surface area contributed by atoms with Crippen molar-refractivity contribution >= 4 is 5.97 Å². The number of nitrogens with zero attached hydrogens (tertiary/aromatic N) is 1. The first kappa shape index (κ1) is 24.6. The molecule has 0 spiro atoms. The molecule has 3 aliphatic heterocycles. The highest BCUT2D eigenvalue weighted by molar-refractivity contribution is 5.71. The van der Waals surface area contributed by atoms with Gasteiger partial charge >= 0.3 is 12.1 Å². The second-order valence-electron chi connectivity index (χ2n) is 10.4. The molecule has 6 nitrogen and oxygen atoms in total. The predicted molar refractivity (Wildman–Crippen MR) is 128 cm³/mol. The summed E-state index contributed by atoms with van der Waals surface area (Å²) in [7, 11) is 1.36. The Bertz CT molecular complexity index is 1190. The van der Waals surface area contributed by atoms with Gasteiger partial charge in [-0.2, -0.15) is 13.2 Å². The van der Waals surface area contributed by atoms with Crippen LogP contribution in [0.5, 0.6) is 11.5 Å². The van der Waals surface area contributed by atoms with E-state index in [4.69, 9.17) is 18.9 Å². The number of alkyl halides is 3. The number of likely N-dealkylation sites (tertiary alicyclic amines) is 1. The predicted octanol–water partition coefficient (Wildman–Crippen LogP) is 5.17. The Morgan fingerprint density at radius 1 is 1.08 bits per heavy atom. The number of esters is 1. The molecule has 1 aliphatic carbocycles. The molecule has 2 unspecified atom stereocenters. The molecule has 9 heteroatoms. The number of rotatable bonds is 6. The van der Waals surface area contributed by atoms with E-state index in [-0.39, 0.29) is 43.2 Å². The molecule has 6 rings (SSSR count). The van der Waals surface area contributed by atoms with Crippen molar-refractivity contribution in [2.24, 2.45) is 0 Å². The fraction of sp³-hybridized carbons (Fsp3) is 0.536. The van der Waals surface area contributed by atoms with Crippen LogP contribution in [0.1, 0.15) is 65.5 Å². The number of hydrogen-bond acceptors (Lipinski definition) is 6. The lowest BCUT2D eigenvalue weighted by Gasteiger charge is -2.33. The number of fused-ring (bicyclic) bond motifs is 4. The molecule has 37 heavy (non-hydrogen) atoms. The van der Waals surface area contributed by atoms with Gasteiger partial charge in [-0.15, -0.1) is 0 Å². The first-order valence-electron chi connectivity index (χ1n) is 12.9. The van der Waals surface area contributed by atoms with Crippen LogP contribution in [0, 0.1) is 0 Å². The highest BCUT2D eigenvalue weighted by Crippen LogP contribution is 2.44. The number of benzene rings is 2. The minimum absolute atomic E-state index is 0.0671. The zero-order valence-corrected chi connectivity index (χ0v) is 20.7. The third kappa shape index (κ3) is 4.79. The largest absolute Gasteiger partial charge is 0.492 e. The van der Waals surface area contributed by atoms with Crippen LogP contribution in [0.3, 0.4) is 0 Å². The topological polar surface area (TPSA) is 57.2 Å². The molecule has 2 fully saturated rings. The first-order valence-corrected chi connectivity index (χ1v) is 12.9. The minimum atomic E-state index is -4.41. The van der Waals surface area contributed by atoms with Gasteiger partial charge < -0.3 is 18.9 Å². The molecule has 2 bridgehead atoms. The van der Waals surface area contributed by atoms with Crippen molar-refractivity contribution in [1.82, 2.24) is 4.90 Å². The van der Waals surface area contributed by atoms with Crippen molar-refractivity contribution in [1.29, 1.82) is 0 Å². The van der Waals surface area contributed by atoms with Crippen LogP contribution in [0.25, 0.3) is 0 Å². The molecule has 2 aromatic rings. The van der Waals surface area contributed by atoms with Gasteiger partial charge in [0.05, 0.1) is 37.9 Å². The van der Waals surface area contributed by atoms with E-state index in [2.05, 4.69) is 4.90 Å². The maximum absolute atomic E-state index is 14.0. The smallest absolute Gasteiger partial charge is 0.416 e. The fourth-order valence-corrected chi connectivity index (χ4v) is 6.31. The summed E-state index contributed by atoms with van der Waals surface area (Å²) in [5.74, 6) is 0.909. The van der Waals surface area contributed by atoms with Crippen LogP contribution in [0.2, 0.25) is 0 Å². The van der Waals surface area contributed by atoms with E-state index >= 15 is 0 Å². The Morgan fingerprint density at radius 3 is 2.57 bits per heavy atom. The Labute approximate surface area is 213 Å². The molecule has 0 saturated carbocycles. The van der Waals surface area contributed by atoms with Gasteiger partial charge in [0.1, 0.15) is 17.6 Å². The van der Waals surface area contributed by atoms with Crippen molar-refractivity contribution < 1.29 is 36.9 Å². The van der Waals surface area contributed by atoms with Crippen LogP contribution < -0.4 is 9.47 Å². The number of carbonyl (C=O) groups excluding carboxylic acids is 1. The molecule has 2 aromatic carbocycles. The highest BCUT2D eigenvalue weighted by atomic mass is 19.4. The van der Waals surface area contributed by atoms with Crippen molar-refractivity contribution in [3.05, 3.63) is 58.1 Å². The van der Waals surface area contributed by atoms with Crippen molar-refractivity contribution in [3.63, 3.8) is 0 Å². The third-order valence-electron chi connectivity index (χ3n) is 8.06. The summed E-state index contributed by atoms with van der Waals surface area (Å²) in [5.41, 5.74) is 2.34. The fourth-order valence-electron chi connectivity index (χ4n) is 6.31. The molecule has 0 radical (unpaired) electrons. The van der Waals surface area contributed by atoms with E-state index in [1.54, 1.807) is 12.1 Å². The summed E-state index contributed by atoms with van der Waals surface area (Å²) in [6, 6.07) is 8.34. The Kier molecular flexibility index (Phi) is 6.31. The molecule has 3 heterocycles. The lowest BCUT2D eigenvalue weighted by molar-refractivity contribution is -0.141. The SMILES string of the molecule is COC(=O)CC1COc2cc(OC3CCc4c3ccc(C(F)(F)F)c4CN3C[C@H]4CC[C@@H](C3)O4)ccc21. The number of morpholine rings is 1. The molecule has 0 aromatic heterocycles. The lowest BCUT2D eigenvalue weighted by atomic mass is 9.96. The third-order valence-corrected chi connectivity index (χ3v) is 8.06. The number of halogens is 3. The maximum atomic E-state index is 14.0. The Morgan fingerprint density at radius 2 is 1.84 bits per heavy atom. The molecule has 198 valence electrons. The summed E-state index contributed by atoms with van der Waals surface area (Å²) in [6.45, 7) is 2.01. The molecule has 4 atom stereocenters. The van der Waals surface area contributed by atoms with Crippen molar-refractivity contribution in [3.8, 4) is 11.5 Å². The van der Waals surface area contributed by atoms with Gasteiger partial charge in [0.2, 0.25) is 0 Å². The molecule has 2 saturated heterocycles. The second-order valence-corrected chi connectivity index (χ2v) is 10.4. The van der Waals surface area contributed by atoms with Gasteiger partial charge in [-0.3, -0.25) is 9.69 Å². The summed E-state index contributed by atoms with van der Waals surface area (Å²) in [6.07, 6.45) is -1.15.